The Balaban J connectivity index is 0.828. The number of hydrogen-bond donors (Lipinski definition) is 2. The van der Waals surface area contributed by atoms with Gasteiger partial charge in [-0.2, -0.15) is 10.5 Å². The number of morpholine rings is 2. The summed E-state index contributed by atoms with van der Waals surface area (Å²) in [6.45, 7) is 11.9. The monoisotopic (exact) mass is 1000 g/mol. The summed E-state index contributed by atoms with van der Waals surface area (Å²) < 4.78 is 23.8. The minimum absolute atomic E-state index is 0.00996. The van der Waals surface area contributed by atoms with Crippen molar-refractivity contribution in [1.29, 1.82) is 10.5 Å². The van der Waals surface area contributed by atoms with E-state index in [9.17, 15) is 20.1 Å². The van der Waals surface area contributed by atoms with Gasteiger partial charge in [-0.25, -0.2) is 9.97 Å². The molecule has 4 aromatic carbocycles. The fraction of sp³-hybridized carbons (Fsp3) is 0.345. The first-order valence-corrected chi connectivity index (χ1v) is 25.5. The molecule has 2 aromatic heterocycles. The van der Waals surface area contributed by atoms with E-state index in [-0.39, 0.29) is 29.3 Å². The smallest absolute Gasteiger partial charge is 0.262 e. The lowest BCUT2D eigenvalue weighted by Gasteiger charge is -2.33. The summed E-state index contributed by atoms with van der Waals surface area (Å²) in [5.41, 5.74) is 5.03. The van der Waals surface area contributed by atoms with Crippen LogP contribution < -0.4 is 20.1 Å². The largest absolute Gasteiger partial charge is 0.492 e. The second-order valence-electron chi connectivity index (χ2n) is 18.2. The Morgan fingerprint density at radius 3 is 1.85 bits per heavy atom. The van der Waals surface area contributed by atoms with E-state index in [1.54, 1.807) is 12.1 Å². The van der Waals surface area contributed by atoms with Crippen molar-refractivity contribution in [2.24, 2.45) is 0 Å². The second-order valence-corrected chi connectivity index (χ2v) is 18.6. The van der Waals surface area contributed by atoms with Gasteiger partial charge in [0.15, 0.2) is 0 Å². The highest BCUT2D eigenvalue weighted by Crippen LogP contribution is 2.32. The topological polar surface area (TPSA) is 175 Å². The molecule has 0 bridgehead atoms. The van der Waals surface area contributed by atoms with Crippen LogP contribution in [0.25, 0.3) is 34.0 Å². The normalized spacial score (nSPS) is 16.5. The Hall–Kier alpha value is -7.17. The van der Waals surface area contributed by atoms with Crippen molar-refractivity contribution in [3.05, 3.63) is 153 Å². The molecule has 2 aliphatic rings. The van der Waals surface area contributed by atoms with E-state index >= 15 is 0 Å². The number of ether oxygens (including phenoxy) is 4. The van der Waals surface area contributed by atoms with Gasteiger partial charge in [0.2, 0.25) is 0 Å². The lowest BCUT2D eigenvalue weighted by Crippen LogP contribution is -2.40. The highest BCUT2D eigenvalue weighted by atomic mass is 35.5. The highest BCUT2D eigenvalue weighted by Gasteiger charge is 2.24. The number of nitrogens with zero attached hydrogens (tertiary/aromatic N) is 6. The van der Waals surface area contributed by atoms with Gasteiger partial charge < -0.3 is 29.6 Å². The maximum atomic E-state index is 13.5. The zero-order chi connectivity index (χ0) is 50.9. The van der Waals surface area contributed by atoms with Crippen LogP contribution in [0.15, 0.2) is 120 Å². The molecular weight excluding hydrogens is 940 g/mol. The Kier molecular flexibility index (Phi) is 18.6. The summed E-state index contributed by atoms with van der Waals surface area (Å²) in [5.74, 6) is 0.549. The third-order valence-electron chi connectivity index (χ3n) is 13.0. The third kappa shape index (κ3) is 14.3. The Labute approximate surface area is 432 Å². The average Bonchev–Trinajstić information content (AvgIpc) is 3.42. The van der Waals surface area contributed by atoms with Crippen LogP contribution in [0.3, 0.4) is 0 Å². The first-order valence-electron chi connectivity index (χ1n) is 25.1. The van der Waals surface area contributed by atoms with Gasteiger partial charge in [-0.3, -0.25) is 19.4 Å². The van der Waals surface area contributed by atoms with E-state index < -0.39 is 11.8 Å². The molecule has 0 saturated carbocycles. The highest BCUT2D eigenvalue weighted by molar-refractivity contribution is 6.35. The number of carbonyl (C=O) groups excluding carboxylic acids is 2. The quantitative estimate of drug-likeness (QED) is 0.0517. The molecule has 0 radical (unpaired) electrons. The van der Waals surface area contributed by atoms with Crippen molar-refractivity contribution in [3.63, 3.8) is 0 Å². The molecule has 2 saturated heterocycles. The van der Waals surface area contributed by atoms with E-state index in [4.69, 9.17) is 35.5 Å². The molecule has 73 heavy (non-hydrogen) atoms. The maximum absolute atomic E-state index is 13.5. The predicted molar refractivity (Wildman–Crippen MR) is 284 cm³/mol. The van der Waals surface area contributed by atoms with E-state index in [1.807, 2.05) is 97.1 Å². The summed E-state index contributed by atoms with van der Waals surface area (Å²) in [7, 11) is 0. The summed E-state index contributed by atoms with van der Waals surface area (Å²) in [5, 5.41) is 28.3. The van der Waals surface area contributed by atoms with Crippen molar-refractivity contribution in [1.82, 2.24) is 30.4 Å². The van der Waals surface area contributed by atoms with Crippen LogP contribution in [0.5, 0.6) is 11.5 Å². The molecule has 2 amide bonds. The van der Waals surface area contributed by atoms with Gasteiger partial charge in [0, 0.05) is 50.0 Å². The molecule has 3 atom stereocenters. The fourth-order valence-electron chi connectivity index (χ4n) is 9.05. The Bertz CT molecular complexity index is 3000. The number of para-hydroxylation sites is 1. The molecule has 3 unspecified atom stereocenters. The number of pyridine rings is 2. The van der Waals surface area contributed by atoms with Crippen molar-refractivity contribution in [2.75, 3.05) is 72.3 Å². The molecule has 8 rings (SSSR count). The number of nitriles is 2. The summed E-state index contributed by atoms with van der Waals surface area (Å²) >= 11 is 6.89. The number of fused-ring (bicyclic) bond motifs is 2. The van der Waals surface area contributed by atoms with Crippen LogP contribution in [-0.4, -0.2) is 104 Å². The van der Waals surface area contributed by atoms with Crippen molar-refractivity contribution in [3.8, 4) is 23.6 Å². The van der Waals surface area contributed by atoms with Gasteiger partial charge >= 0.3 is 0 Å². The van der Waals surface area contributed by atoms with Gasteiger partial charge in [0.1, 0.15) is 48.0 Å². The average molecular weight is 1000 g/mol. The van der Waals surface area contributed by atoms with Crippen molar-refractivity contribution in [2.45, 2.75) is 57.7 Å². The SMILES string of the molecule is CCCC(NC(=O)C(C#N)=Cc1ccc2cc(C3CN(CCOc4ccc(C(CCC)NC(=O)C(C#N)=Cc5ccc6ccccc6n5)cc4)CCO3)cc(Cl)c2n1)c1ccc(OCCN2CCOCC2)cc1. The van der Waals surface area contributed by atoms with Crippen LogP contribution in [0, 0.1) is 22.7 Å². The minimum atomic E-state index is -0.479. The zero-order valence-electron chi connectivity index (χ0n) is 41.4. The molecule has 14 nitrogen and oxygen atoms in total. The minimum Gasteiger partial charge on any atom is -0.492 e. The van der Waals surface area contributed by atoms with Crippen LogP contribution in [0.2, 0.25) is 5.02 Å². The van der Waals surface area contributed by atoms with Crippen molar-refractivity contribution < 1.29 is 28.5 Å². The molecule has 0 aliphatic carbocycles. The molecular formula is C58H61ClN8O6. The van der Waals surface area contributed by atoms with E-state index in [0.29, 0.717) is 73.4 Å². The van der Waals surface area contributed by atoms with Crippen LogP contribution in [0.4, 0.5) is 0 Å². The van der Waals surface area contributed by atoms with E-state index in [2.05, 4.69) is 51.4 Å². The molecule has 2 fully saturated rings. The third-order valence-corrected chi connectivity index (χ3v) is 13.3. The summed E-state index contributed by atoms with van der Waals surface area (Å²) in [6.07, 6.45) is 5.85. The number of halogens is 1. The van der Waals surface area contributed by atoms with Gasteiger partial charge in [-0.15, -0.1) is 0 Å². The summed E-state index contributed by atoms with van der Waals surface area (Å²) in [4.78, 5) is 40.8. The lowest BCUT2D eigenvalue weighted by molar-refractivity contribution is -0.118. The second kappa shape index (κ2) is 26.0. The number of rotatable bonds is 21. The number of carbonyl (C=O) groups is 2. The Morgan fingerprint density at radius 2 is 1.26 bits per heavy atom. The van der Waals surface area contributed by atoms with Crippen molar-refractivity contribution >= 4 is 57.4 Å². The number of amides is 2. The van der Waals surface area contributed by atoms with E-state index in [0.717, 1.165) is 91.0 Å². The molecule has 2 N–H and O–H groups in total. The van der Waals surface area contributed by atoms with Gasteiger partial charge in [0.05, 0.1) is 65.5 Å². The van der Waals surface area contributed by atoms with Crippen LogP contribution in [-0.2, 0) is 19.1 Å². The van der Waals surface area contributed by atoms with Gasteiger partial charge in [0.25, 0.3) is 11.8 Å². The number of hydrogen-bond acceptors (Lipinski definition) is 12. The maximum Gasteiger partial charge on any atom is 0.262 e. The van der Waals surface area contributed by atoms with Crippen LogP contribution >= 0.6 is 11.6 Å². The number of nitrogens with one attached hydrogen (secondary N) is 2. The van der Waals surface area contributed by atoms with Crippen LogP contribution in [0.1, 0.15) is 85.8 Å². The lowest BCUT2D eigenvalue weighted by atomic mass is 10.0. The molecule has 4 heterocycles. The first-order chi connectivity index (χ1) is 35.7. The predicted octanol–water partition coefficient (Wildman–Crippen LogP) is 9.73. The standard InChI is InChI=1S/C58H61ClN8O6/c1-3-7-52(64-57(68)45(37-60)34-47-17-11-40-9-5-6-10-54(40)62-47)42-15-21-50(22-16-42)72-31-26-67-27-32-73-55(39-67)44-33-43-12-18-48(63-56(43)51(59)36-44)35-46(38-61)58(69)65-53(8-4-2)41-13-19-49(20-14-41)71-30-25-66-23-28-70-29-24-66/h5-6,9-22,33-36,52-53,55H,3-4,7-8,23-32,39H2,1-2H3,(H,64,68)(H,65,69). The molecule has 376 valence electrons. The van der Waals surface area contributed by atoms with Gasteiger partial charge in [-0.1, -0.05) is 92.9 Å². The first kappa shape index (κ1) is 52.2. The molecule has 2 aliphatic heterocycles. The number of aromatic nitrogens is 2. The molecule has 0 spiro atoms. The summed E-state index contributed by atoms with van der Waals surface area (Å²) in [6, 6.07) is 38.0. The van der Waals surface area contributed by atoms with Gasteiger partial charge in [-0.05, 0) is 96.3 Å². The van der Waals surface area contributed by atoms with E-state index in [1.165, 1.54) is 12.2 Å². The number of benzene rings is 4. The zero-order valence-corrected chi connectivity index (χ0v) is 42.2. The molecule has 6 aromatic rings. The molecule has 15 heteroatoms. The fourth-order valence-corrected chi connectivity index (χ4v) is 9.33. The Morgan fingerprint density at radius 1 is 0.712 bits per heavy atom.